The summed E-state index contributed by atoms with van der Waals surface area (Å²) >= 11 is 0. The van der Waals surface area contributed by atoms with E-state index in [-0.39, 0.29) is 35.1 Å². The largest absolute Gasteiger partial charge is 0.469 e. The fourth-order valence-corrected chi connectivity index (χ4v) is 7.28. The van der Waals surface area contributed by atoms with Crippen LogP contribution in [0.1, 0.15) is 36.6 Å². The lowest BCUT2D eigenvalue weighted by atomic mass is 9.68. The fourth-order valence-electron chi connectivity index (χ4n) is 6.00. The molecule has 9 heteroatoms. The summed E-state index contributed by atoms with van der Waals surface area (Å²) in [5.41, 5.74) is 3.14. The van der Waals surface area contributed by atoms with Gasteiger partial charge in [0.25, 0.3) is 0 Å². The van der Waals surface area contributed by atoms with Crippen molar-refractivity contribution in [2.45, 2.75) is 30.2 Å². The Morgan fingerprint density at radius 1 is 1.03 bits per heavy atom. The molecule has 2 heterocycles. The minimum absolute atomic E-state index is 0.0661. The average molecular weight is 523 g/mol. The molecule has 0 saturated carbocycles. The van der Waals surface area contributed by atoms with E-state index in [0.29, 0.717) is 24.2 Å². The number of sulfone groups is 1. The van der Waals surface area contributed by atoms with E-state index in [2.05, 4.69) is 4.90 Å². The van der Waals surface area contributed by atoms with Crippen molar-refractivity contribution >= 4 is 32.8 Å². The Balaban J connectivity index is 1.66. The molecule has 3 aromatic rings. The molecule has 1 aromatic heterocycles. The van der Waals surface area contributed by atoms with Gasteiger partial charge in [-0.15, -0.1) is 0 Å². The molecule has 2 aromatic carbocycles. The van der Waals surface area contributed by atoms with Gasteiger partial charge in [0.05, 0.1) is 48.0 Å². The number of nitrogens with zero attached hydrogens (tertiary/aromatic N) is 2. The van der Waals surface area contributed by atoms with Crippen LogP contribution in [-0.2, 0) is 24.1 Å². The van der Waals surface area contributed by atoms with Crippen LogP contribution in [0.3, 0.4) is 0 Å². The molecule has 194 valence electrons. The summed E-state index contributed by atoms with van der Waals surface area (Å²) in [5, 5.41) is 0.794. The number of para-hydroxylation sites is 1. The van der Waals surface area contributed by atoms with Crippen LogP contribution in [-0.4, -0.2) is 63.0 Å². The van der Waals surface area contributed by atoms with Crippen LogP contribution in [0.4, 0.5) is 4.79 Å². The van der Waals surface area contributed by atoms with Crippen molar-refractivity contribution in [2.24, 2.45) is 5.92 Å². The van der Waals surface area contributed by atoms with E-state index in [1.165, 1.54) is 14.2 Å². The van der Waals surface area contributed by atoms with Crippen LogP contribution in [0.25, 0.3) is 10.9 Å². The van der Waals surface area contributed by atoms with E-state index < -0.39 is 21.8 Å². The maximum atomic E-state index is 13.2. The molecule has 0 radical (unpaired) electrons. The quantitative estimate of drug-likeness (QED) is 0.364. The zero-order valence-corrected chi connectivity index (χ0v) is 21.9. The molecule has 5 rings (SSSR count). The van der Waals surface area contributed by atoms with Crippen molar-refractivity contribution in [1.29, 1.82) is 0 Å². The molecule has 37 heavy (non-hydrogen) atoms. The molecule has 0 amide bonds. The monoisotopic (exact) mass is 522 g/mol. The van der Waals surface area contributed by atoms with Crippen molar-refractivity contribution < 1.29 is 27.5 Å². The summed E-state index contributed by atoms with van der Waals surface area (Å²) in [6.45, 7) is 2.71. The number of allylic oxidation sites excluding steroid dienone is 1. The highest BCUT2D eigenvalue weighted by Gasteiger charge is 2.50. The van der Waals surface area contributed by atoms with Gasteiger partial charge in [0, 0.05) is 24.4 Å². The zero-order chi connectivity index (χ0) is 26.3. The maximum absolute atomic E-state index is 13.2. The first-order chi connectivity index (χ1) is 17.8. The SMILES string of the molecule is C/C=C1/CN(CCS(=O)(=O)c2ccccc2)[C@H]2C[C@@H]1[C@H](C(=O)OC)c1c2n(C(=O)OC)c2ccccc12. The highest BCUT2D eigenvalue weighted by molar-refractivity contribution is 7.91. The second kappa shape index (κ2) is 9.79. The van der Waals surface area contributed by atoms with E-state index in [1.54, 1.807) is 34.9 Å². The third kappa shape index (κ3) is 4.16. The first-order valence-corrected chi connectivity index (χ1v) is 13.9. The Hall–Kier alpha value is -3.43. The first-order valence-electron chi connectivity index (χ1n) is 12.3. The van der Waals surface area contributed by atoms with E-state index in [9.17, 15) is 18.0 Å². The van der Waals surface area contributed by atoms with Crippen LogP contribution in [0.15, 0.2) is 71.1 Å². The van der Waals surface area contributed by atoms with Gasteiger partial charge >= 0.3 is 12.1 Å². The number of benzene rings is 2. The lowest BCUT2D eigenvalue weighted by Gasteiger charge is -2.47. The van der Waals surface area contributed by atoms with Crippen LogP contribution in [0.2, 0.25) is 0 Å². The number of carbonyl (C=O) groups excluding carboxylic acids is 2. The predicted molar refractivity (Wildman–Crippen MR) is 139 cm³/mol. The predicted octanol–water partition coefficient (Wildman–Crippen LogP) is 4.31. The Labute approximate surface area is 216 Å². The number of fused-ring (bicyclic) bond motifs is 6. The van der Waals surface area contributed by atoms with Crippen LogP contribution in [0, 0.1) is 5.92 Å². The second-order valence-corrected chi connectivity index (χ2v) is 11.6. The summed E-state index contributed by atoms with van der Waals surface area (Å²) in [6, 6.07) is 15.6. The van der Waals surface area contributed by atoms with Gasteiger partial charge in [-0.25, -0.2) is 17.8 Å². The number of methoxy groups -OCH3 is 2. The van der Waals surface area contributed by atoms with Gasteiger partial charge in [-0.05, 0) is 37.1 Å². The number of piperidine rings is 1. The van der Waals surface area contributed by atoms with Crippen molar-refractivity contribution in [3.8, 4) is 0 Å². The molecule has 1 fully saturated rings. The fraction of sp³-hybridized carbons (Fsp3) is 0.357. The van der Waals surface area contributed by atoms with E-state index in [1.807, 2.05) is 37.3 Å². The number of likely N-dealkylation sites (tertiary alicyclic amines) is 1. The third-order valence-corrected chi connectivity index (χ3v) is 9.40. The van der Waals surface area contributed by atoms with Gasteiger partial charge in [0.2, 0.25) is 0 Å². The summed E-state index contributed by atoms with van der Waals surface area (Å²) in [5.74, 6) is -1.11. The van der Waals surface area contributed by atoms with Gasteiger partial charge in [-0.2, -0.15) is 0 Å². The molecule has 2 bridgehead atoms. The second-order valence-electron chi connectivity index (χ2n) is 9.45. The Kier molecular flexibility index (Phi) is 6.68. The molecule has 2 aliphatic rings. The smallest absolute Gasteiger partial charge is 0.418 e. The Morgan fingerprint density at radius 2 is 1.73 bits per heavy atom. The standard InChI is InChI=1S/C28H30N2O6S/c1-4-18-17-29(14-15-37(33,34)19-10-6-5-7-11-19)23-16-21(18)25(27(31)35-2)24-20-12-8-9-13-22(20)30(26(23)24)28(32)36-3/h4-13,21,23,25H,14-17H2,1-3H3/b18-4-/t21-,23-,25-/m0/s1. The zero-order valence-electron chi connectivity index (χ0n) is 21.1. The number of esters is 1. The third-order valence-electron chi connectivity index (χ3n) is 7.69. The van der Waals surface area contributed by atoms with Gasteiger partial charge in [-0.1, -0.05) is 48.0 Å². The number of hydrogen-bond acceptors (Lipinski definition) is 7. The number of rotatable bonds is 5. The average Bonchev–Trinajstić information content (AvgIpc) is 3.27. The number of hydrogen-bond donors (Lipinski definition) is 0. The molecule has 0 spiro atoms. The van der Waals surface area contributed by atoms with Crippen molar-refractivity contribution in [3.05, 3.63) is 77.5 Å². The number of aromatic nitrogens is 1. The molecule has 1 saturated heterocycles. The van der Waals surface area contributed by atoms with E-state index in [0.717, 1.165) is 16.5 Å². The molecule has 0 unspecified atom stereocenters. The summed E-state index contributed by atoms with van der Waals surface area (Å²) in [7, 11) is -0.795. The topological polar surface area (TPSA) is 94.9 Å². The lowest BCUT2D eigenvalue weighted by molar-refractivity contribution is -0.144. The Morgan fingerprint density at radius 3 is 2.41 bits per heavy atom. The van der Waals surface area contributed by atoms with Gasteiger partial charge in [0.15, 0.2) is 9.84 Å². The molecule has 0 N–H and O–H groups in total. The highest BCUT2D eigenvalue weighted by atomic mass is 32.2. The molecular weight excluding hydrogens is 492 g/mol. The lowest BCUT2D eigenvalue weighted by Crippen LogP contribution is -2.47. The van der Waals surface area contributed by atoms with Crippen molar-refractivity contribution in [2.75, 3.05) is 33.1 Å². The van der Waals surface area contributed by atoms with Crippen LogP contribution in [0.5, 0.6) is 0 Å². The molecule has 1 aliphatic carbocycles. The van der Waals surface area contributed by atoms with Gasteiger partial charge < -0.3 is 9.47 Å². The van der Waals surface area contributed by atoms with Crippen LogP contribution < -0.4 is 0 Å². The van der Waals surface area contributed by atoms with E-state index in [4.69, 9.17) is 9.47 Å². The van der Waals surface area contributed by atoms with E-state index >= 15 is 0 Å². The van der Waals surface area contributed by atoms with Gasteiger partial charge in [0.1, 0.15) is 0 Å². The number of ether oxygens (including phenoxy) is 2. The maximum Gasteiger partial charge on any atom is 0.418 e. The minimum atomic E-state index is -3.51. The van der Waals surface area contributed by atoms with Crippen molar-refractivity contribution in [1.82, 2.24) is 9.47 Å². The molecule has 3 atom stereocenters. The summed E-state index contributed by atoms with van der Waals surface area (Å²) in [6.07, 6.45) is 2.03. The normalized spacial score (nSPS) is 22.6. The van der Waals surface area contributed by atoms with Gasteiger partial charge in [-0.3, -0.25) is 9.69 Å². The molecule has 8 nitrogen and oxygen atoms in total. The molecule has 1 aliphatic heterocycles. The Bertz CT molecular complexity index is 1490. The summed E-state index contributed by atoms with van der Waals surface area (Å²) in [4.78, 5) is 28.7. The molecular formula is C28H30N2O6S. The highest BCUT2D eigenvalue weighted by Crippen LogP contribution is 2.53. The summed E-state index contributed by atoms with van der Waals surface area (Å²) < 4.78 is 38.2. The van der Waals surface area contributed by atoms with Crippen LogP contribution >= 0.6 is 0 Å². The number of carbonyl (C=O) groups is 2. The minimum Gasteiger partial charge on any atom is -0.469 e. The first kappa shape index (κ1) is 25.2. The van der Waals surface area contributed by atoms with Crippen molar-refractivity contribution in [3.63, 3.8) is 0 Å².